The average molecular weight is 615 g/mol. The second-order valence-corrected chi connectivity index (χ2v) is 12.3. The number of nitrogens with one attached hydrogen (secondary N) is 2. The van der Waals surface area contributed by atoms with Crippen LogP contribution in [0, 0.1) is 5.92 Å². The monoisotopic (exact) mass is 614 g/mol. The van der Waals surface area contributed by atoms with Gasteiger partial charge in [-0.3, -0.25) is 9.59 Å². The number of hydrogen-bond acceptors (Lipinski definition) is 7. The molecule has 1 aliphatic heterocycles. The Morgan fingerprint density at radius 2 is 1.44 bits per heavy atom. The highest BCUT2D eigenvalue weighted by Crippen LogP contribution is 2.33. The van der Waals surface area contributed by atoms with E-state index in [9.17, 15) is 19.2 Å². The van der Waals surface area contributed by atoms with Crippen LogP contribution >= 0.6 is 0 Å². The van der Waals surface area contributed by atoms with Gasteiger partial charge in [0.25, 0.3) is 0 Å². The first-order valence-corrected chi connectivity index (χ1v) is 15.2. The number of anilines is 2. The molecule has 10 nitrogen and oxygen atoms in total. The Kier molecular flexibility index (Phi) is 10.8. The molecule has 0 aliphatic carbocycles. The average Bonchev–Trinajstić information content (AvgIpc) is 3.02. The Labute approximate surface area is 264 Å². The van der Waals surface area contributed by atoms with Gasteiger partial charge in [0.1, 0.15) is 18.2 Å². The van der Waals surface area contributed by atoms with E-state index in [1.54, 1.807) is 41.3 Å². The number of piperazine rings is 1. The third-order valence-electron chi connectivity index (χ3n) is 7.28. The quantitative estimate of drug-likeness (QED) is 0.290. The Balaban J connectivity index is 1.57. The fourth-order valence-electron chi connectivity index (χ4n) is 4.95. The van der Waals surface area contributed by atoms with Gasteiger partial charge in [-0.15, -0.1) is 0 Å². The van der Waals surface area contributed by atoms with Crippen LogP contribution in [0.3, 0.4) is 0 Å². The Morgan fingerprint density at radius 1 is 0.822 bits per heavy atom. The van der Waals surface area contributed by atoms with Gasteiger partial charge in [0.15, 0.2) is 5.78 Å². The number of ketones is 1. The van der Waals surface area contributed by atoms with E-state index in [2.05, 4.69) is 10.6 Å². The maximum absolute atomic E-state index is 13.8. The third kappa shape index (κ3) is 9.07. The molecule has 1 heterocycles. The summed E-state index contributed by atoms with van der Waals surface area (Å²) in [6, 6.07) is 22.5. The number of ether oxygens (including phenoxy) is 2. The van der Waals surface area contributed by atoms with E-state index in [0.29, 0.717) is 48.7 Å². The third-order valence-corrected chi connectivity index (χ3v) is 7.28. The highest BCUT2D eigenvalue weighted by atomic mass is 16.6. The molecule has 3 aromatic rings. The van der Waals surface area contributed by atoms with Crippen molar-refractivity contribution in [3.05, 3.63) is 95.6 Å². The number of para-hydroxylation sites is 1. The fraction of sp³-hybridized carbons (Fsp3) is 0.371. The topological polar surface area (TPSA) is 117 Å². The molecule has 0 bridgehead atoms. The summed E-state index contributed by atoms with van der Waals surface area (Å²) in [5.74, 6) is -1.02. The maximum atomic E-state index is 13.8. The highest BCUT2D eigenvalue weighted by molar-refractivity contribution is 6.16. The Hall–Kier alpha value is -4.86. The van der Waals surface area contributed by atoms with Crippen LogP contribution in [0.4, 0.5) is 21.0 Å². The Bertz CT molecular complexity index is 1480. The van der Waals surface area contributed by atoms with E-state index in [0.717, 1.165) is 5.56 Å². The van der Waals surface area contributed by atoms with E-state index in [1.807, 2.05) is 82.0 Å². The zero-order valence-corrected chi connectivity index (χ0v) is 26.5. The number of carbonyl (C=O) groups is 4. The molecule has 0 saturated carbocycles. The van der Waals surface area contributed by atoms with Gasteiger partial charge in [0.2, 0.25) is 5.91 Å². The van der Waals surface area contributed by atoms with Gasteiger partial charge in [-0.2, -0.15) is 0 Å². The molecule has 1 saturated heterocycles. The smallest absolute Gasteiger partial charge is 0.410 e. The lowest BCUT2D eigenvalue weighted by atomic mass is 9.98. The molecule has 0 unspecified atom stereocenters. The minimum Gasteiger partial charge on any atom is -0.445 e. The molecule has 10 heteroatoms. The molecule has 238 valence electrons. The molecule has 0 aromatic heterocycles. The van der Waals surface area contributed by atoms with Gasteiger partial charge < -0.3 is 29.9 Å². The maximum Gasteiger partial charge on any atom is 0.410 e. The number of amides is 3. The van der Waals surface area contributed by atoms with Crippen LogP contribution in [0.2, 0.25) is 0 Å². The summed E-state index contributed by atoms with van der Waals surface area (Å²) in [6.45, 7) is 10.9. The molecule has 4 rings (SSSR count). The van der Waals surface area contributed by atoms with Crippen molar-refractivity contribution in [3.8, 4) is 0 Å². The van der Waals surface area contributed by atoms with Crippen LogP contribution in [0.15, 0.2) is 78.9 Å². The lowest BCUT2D eigenvalue weighted by Crippen LogP contribution is -2.50. The predicted octanol–water partition coefficient (Wildman–Crippen LogP) is 5.86. The lowest BCUT2D eigenvalue weighted by molar-refractivity contribution is -0.119. The molecular formula is C35H42N4O6. The SMILES string of the molecule is CC(C)[C@H](NC(=O)OCc1ccccc1)C(=O)Nc1c(C(=O)c2ccccc2)cccc1N1CCN(C(=O)OC(C)(C)C)CC1. The van der Waals surface area contributed by atoms with Gasteiger partial charge in [0, 0.05) is 37.3 Å². The van der Waals surface area contributed by atoms with E-state index in [-0.39, 0.29) is 24.4 Å². The van der Waals surface area contributed by atoms with E-state index in [1.165, 1.54) is 0 Å². The molecule has 3 aromatic carbocycles. The van der Waals surface area contributed by atoms with Gasteiger partial charge in [-0.05, 0) is 44.4 Å². The van der Waals surface area contributed by atoms with Crippen molar-refractivity contribution in [2.45, 2.75) is 52.9 Å². The van der Waals surface area contributed by atoms with E-state index < -0.39 is 23.6 Å². The minimum absolute atomic E-state index is 0.0624. The zero-order valence-electron chi connectivity index (χ0n) is 26.5. The number of hydrogen-bond donors (Lipinski definition) is 2. The summed E-state index contributed by atoms with van der Waals surface area (Å²) in [6.07, 6.45) is -1.10. The normalized spacial score (nSPS) is 14.0. The van der Waals surface area contributed by atoms with Gasteiger partial charge in [0.05, 0.1) is 11.4 Å². The molecule has 45 heavy (non-hydrogen) atoms. The number of carbonyl (C=O) groups excluding carboxylic acids is 4. The highest BCUT2D eigenvalue weighted by Gasteiger charge is 2.31. The second kappa shape index (κ2) is 14.7. The number of benzene rings is 3. The molecule has 0 spiro atoms. The summed E-state index contributed by atoms with van der Waals surface area (Å²) in [4.78, 5) is 56.6. The molecule has 1 fully saturated rings. The van der Waals surface area contributed by atoms with Gasteiger partial charge in [-0.1, -0.05) is 80.6 Å². The van der Waals surface area contributed by atoms with Crippen LogP contribution in [0.1, 0.15) is 56.1 Å². The van der Waals surface area contributed by atoms with Crippen molar-refractivity contribution < 1.29 is 28.7 Å². The van der Waals surface area contributed by atoms with Crippen molar-refractivity contribution >= 4 is 35.3 Å². The first kappa shape index (κ1) is 33.0. The summed E-state index contributed by atoms with van der Waals surface area (Å²) in [5, 5.41) is 5.67. The van der Waals surface area contributed by atoms with Crippen LogP contribution in [0.5, 0.6) is 0 Å². The van der Waals surface area contributed by atoms with Crippen molar-refractivity contribution in [2.24, 2.45) is 5.92 Å². The lowest BCUT2D eigenvalue weighted by Gasteiger charge is -2.37. The molecular weight excluding hydrogens is 572 g/mol. The van der Waals surface area contributed by atoms with Crippen LogP contribution < -0.4 is 15.5 Å². The Morgan fingerprint density at radius 3 is 2.04 bits per heavy atom. The van der Waals surface area contributed by atoms with Crippen molar-refractivity contribution in [3.63, 3.8) is 0 Å². The van der Waals surface area contributed by atoms with Crippen molar-refractivity contribution in [1.82, 2.24) is 10.2 Å². The number of alkyl carbamates (subject to hydrolysis) is 1. The molecule has 2 N–H and O–H groups in total. The van der Waals surface area contributed by atoms with Crippen molar-refractivity contribution in [1.29, 1.82) is 0 Å². The molecule has 1 aliphatic rings. The van der Waals surface area contributed by atoms with Crippen LogP contribution in [0.25, 0.3) is 0 Å². The van der Waals surface area contributed by atoms with E-state index in [4.69, 9.17) is 9.47 Å². The standard InChI is InChI=1S/C35H42N4O6/c1-24(2)29(37-33(42)44-23-25-13-8-6-9-14-25)32(41)36-30-27(31(40)26-15-10-7-11-16-26)17-12-18-28(30)38-19-21-39(22-20-38)34(43)45-35(3,4)5/h6-18,24,29H,19-23H2,1-5H3,(H,36,41)(H,37,42)/t29-/m0/s1. The first-order valence-electron chi connectivity index (χ1n) is 15.2. The first-order chi connectivity index (χ1) is 21.4. The number of rotatable bonds is 9. The van der Waals surface area contributed by atoms with Crippen LogP contribution in [-0.4, -0.2) is 66.6 Å². The molecule has 3 amide bonds. The predicted molar refractivity (Wildman–Crippen MR) is 173 cm³/mol. The number of nitrogens with zero attached hydrogens (tertiary/aromatic N) is 2. The second-order valence-electron chi connectivity index (χ2n) is 12.3. The molecule has 0 radical (unpaired) electrons. The zero-order chi connectivity index (χ0) is 32.6. The van der Waals surface area contributed by atoms with Crippen molar-refractivity contribution in [2.75, 3.05) is 36.4 Å². The van der Waals surface area contributed by atoms with E-state index >= 15 is 0 Å². The largest absolute Gasteiger partial charge is 0.445 e. The van der Waals surface area contributed by atoms with Gasteiger partial charge >= 0.3 is 12.2 Å². The summed E-state index contributed by atoms with van der Waals surface area (Å²) < 4.78 is 10.9. The fourth-order valence-corrected chi connectivity index (χ4v) is 4.95. The summed E-state index contributed by atoms with van der Waals surface area (Å²) >= 11 is 0. The summed E-state index contributed by atoms with van der Waals surface area (Å²) in [7, 11) is 0. The van der Waals surface area contributed by atoms with Gasteiger partial charge in [-0.25, -0.2) is 9.59 Å². The summed E-state index contributed by atoms with van der Waals surface area (Å²) in [5.41, 5.74) is 1.99. The van der Waals surface area contributed by atoms with Crippen LogP contribution in [-0.2, 0) is 20.9 Å². The molecule has 1 atom stereocenters. The minimum atomic E-state index is -0.940.